The Morgan fingerprint density at radius 1 is 1.40 bits per heavy atom. The van der Waals surface area contributed by atoms with Crippen LogP contribution >= 0.6 is 0 Å². The Bertz CT molecular complexity index is 247. The minimum atomic E-state index is -0.759. The van der Waals surface area contributed by atoms with E-state index in [4.69, 9.17) is 4.74 Å². The van der Waals surface area contributed by atoms with Crippen molar-refractivity contribution in [2.75, 3.05) is 6.61 Å². The van der Waals surface area contributed by atoms with Gasteiger partial charge in [0, 0.05) is 6.42 Å². The first kappa shape index (κ1) is 12.2. The zero-order chi connectivity index (χ0) is 11.3. The maximum Gasteiger partial charge on any atom is 0.319 e. The molecule has 15 heavy (non-hydrogen) atoms. The summed E-state index contributed by atoms with van der Waals surface area (Å²) in [6.45, 7) is 4.25. The number of carbonyl (C=O) groups is 2. The highest BCUT2D eigenvalue weighted by molar-refractivity contribution is 6.08. The normalized spacial score (nSPS) is 24.8. The van der Waals surface area contributed by atoms with Crippen LogP contribution in [0.4, 0.5) is 0 Å². The maximum absolute atomic E-state index is 11.7. The standard InChI is InChI=1S/C12H20O3/c1-3-5-6-8-12(9-7-10(12)13)11(14)15-4-2/h3-9H2,1-2H3. The average molecular weight is 212 g/mol. The summed E-state index contributed by atoms with van der Waals surface area (Å²) in [7, 11) is 0. The molecule has 1 fully saturated rings. The average Bonchev–Trinajstić information content (AvgIpc) is 2.22. The van der Waals surface area contributed by atoms with E-state index in [0.717, 1.165) is 19.3 Å². The molecule has 0 aromatic carbocycles. The van der Waals surface area contributed by atoms with Gasteiger partial charge in [0.1, 0.15) is 11.2 Å². The molecule has 3 heteroatoms. The van der Waals surface area contributed by atoms with Crippen molar-refractivity contribution in [3.05, 3.63) is 0 Å². The van der Waals surface area contributed by atoms with E-state index >= 15 is 0 Å². The molecular weight excluding hydrogens is 192 g/mol. The number of carbonyl (C=O) groups excluding carboxylic acids is 2. The second-order valence-electron chi connectivity index (χ2n) is 4.18. The summed E-state index contributed by atoms with van der Waals surface area (Å²) in [5.74, 6) is -0.214. The molecule has 0 aliphatic heterocycles. The topological polar surface area (TPSA) is 43.4 Å². The van der Waals surface area contributed by atoms with Gasteiger partial charge < -0.3 is 4.74 Å². The van der Waals surface area contributed by atoms with E-state index in [1.165, 1.54) is 0 Å². The maximum atomic E-state index is 11.7. The Kier molecular flexibility index (Phi) is 4.30. The van der Waals surface area contributed by atoms with Crippen molar-refractivity contribution >= 4 is 11.8 Å². The van der Waals surface area contributed by atoms with Gasteiger partial charge in [0.15, 0.2) is 0 Å². The predicted octanol–water partition coefficient (Wildman–Crippen LogP) is 2.48. The van der Waals surface area contributed by atoms with Gasteiger partial charge in [-0.3, -0.25) is 9.59 Å². The van der Waals surface area contributed by atoms with Gasteiger partial charge in [-0.25, -0.2) is 0 Å². The highest BCUT2D eigenvalue weighted by Crippen LogP contribution is 2.43. The van der Waals surface area contributed by atoms with E-state index in [2.05, 4.69) is 6.92 Å². The van der Waals surface area contributed by atoms with Crippen LogP contribution in [0.1, 0.15) is 52.4 Å². The number of unbranched alkanes of at least 4 members (excludes halogenated alkanes) is 2. The van der Waals surface area contributed by atoms with Crippen molar-refractivity contribution in [1.82, 2.24) is 0 Å². The quantitative estimate of drug-likeness (QED) is 0.386. The lowest BCUT2D eigenvalue weighted by Crippen LogP contribution is -2.48. The number of Topliss-reactive ketones (excluding diaryl/α,β-unsaturated/α-hetero) is 1. The zero-order valence-corrected chi connectivity index (χ0v) is 9.67. The van der Waals surface area contributed by atoms with Crippen molar-refractivity contribution in [1.29, 1.82) is 0 Å². The number of hydrogen-bond donors (Lipinski definition) is 0. The second kappa shape index (κ2) is 5.29. The molecule has 0 saturated heterocycles. The van der Waals surface area contributed by atoms with E-state index < -0.39 is 5.41 Å². The van der Waals surface area contributed by atoms with Gasteiger partial charge >= 0.3 is 5.97 Å². The molecule has 0 aromatic rings. The first-order valence-electron chi connectivity index (χ1n) is 5.88. The predicted molar refractivity (Wildman–Crippen MR) is 57.4 cm³/mol. The molecule has 1 aliphatic rings. The van der Waals surface area contributed by atoms with Crippen LogP contribution in [-0.4, -0.2) is 18.4 Å². The number of esters is 1. The largest absolute Gasteiger partial charge is 0.465 e. The van der Waals surface area contributed by atoms with E-state index in [9.17, 15) is 9.59 Å². The number of ketones is 1. The summed E-state index contributed by atoms with van der Waals surface area (Å²) in [4.78, 5) is 23.3. The number of ether oxygens (including phenoxy) is 1. The minimum absolute atomic E-state index is 0.0806. The third-order valence-electron chi connectivity index (χ3n) is 3.19. The van der Waals surface area contributed by atoms with E-state index in [0.29, 0.717) is 25.9 Å². The Balaban J connectivity index is 2.55. The fraction of sp³-hybridized carbons (Fsp3) is 0.833. The van der Waals surface area contributed by atoms with Crippen molar-refractivity contribution in [2.45, 2.75) is 52.4 Å². The van der Waals surface area contributed by atoms with Crippen LogP contribution < -0.4 is 0 Å². The van der Waals surface area contributed by atoms with Crippen molar-refractivity contribution in [3.8, 4) is 0 Å². The van der Waals surface area contributed by atoms with Gasteiger partial charge in [-0.15, -0.1) is 0 Å². The molecule has 1 rings (SSSR count). The molecule has 1 aliphatic carbocycles. The van der Waals surface area contributed by atoms with E-state index in [1.807, 2.05) is 0 Å². The van der Waals surface area contributed by atoms with Crippen LogP contribution in [0.2, 0.25) is 0 Å². The second-order valence-corrected chi connectivity index (χ2v) is 4.18. The van der Waals surface area contributed by atoms with Gasteiger partial charge in [-0.1, -0.05) is 26.2 Å². The highest BCUT2D eigenvalue weighted by Gasteiger charge is 2.52. The zero-order valence-electron chi connectivity index (χ0n) is 9.67. The fourth-order valence-electron chi connectivity index (χ4n) is 2.06. The molecule has 3 nitrogen and oxygen atoms in total. The molecular formula is C12H20O3. The molecule has 86 valence electrons. The molecule has 0 aromatic heterocycles. The summed E-state index contributed by atoms with van der Waals surface area (Å²) in [6.07, 6.45) is 5.04. The summed E-state index contributed by atoms with van der Waals surface area (Å²) >= 11 is 0. The van der Waals surface area contributed by atoms with E-state index in [-0.39, 0.29) is 11.8 Å². The Morgan fingerprint density at radius 2 is 2.13 bits per heavy atom. The SMILES string of the molecule is CCCCCC1(C(=O)OCC)CCC1=O. The molecule has 0 radical (unpaired) electrons. The number of hydrogen-bond acceptors (Lipinski definition) is 3. The Morgan fingerprint density at radius 3 is 2.53 bits per heavy atom. The third kappa shape index (κ3) is 2.39. The van der Waals surface area contributed by atoms with Crippen LogP contribution in [0.5, 0.6) is 0 Å². The summed E-state index contributed by atoms with van der Waals surface area (Å²) in [6, 6.07) is 0. The lowest BCUT2D eigenvalue weighted by Gasteiger charge is -2.37. The Labute approximate surface area is 91.2 Å². The minimum Gasteiger partial charge on any atom is -0.465 e. The van der Waals surface area contributed by atoms with Crippen molar-refractivity contribution in [2.24, 2.45) is 5.41 Å². The first-order chi connectivity index (χ1) is 7.17. The fourth-order valence-corrected chi connectivity index (χ4v) is 2.06. The highest BCUT2D eigenvalue weighted by atomic mass is 16.5. The molecule has 0 amide bonds. The monoisotopic (exact) mass is 212 g/mol. The van der Waals surface area contributed by atoms with Crippen molar-refractivity contribution in [3.63, 3.8) is 0 Å². The van der Waals surface area contributed by atoms with Crippen LogP contribution in [0.15, 0.2) is 0 Å². The smallest absolute Gasteiger partial charge is 0.319 e. The lowest BCUT2D eigenvalue weighted by atomic mass is 9.64. The van der Waals surface area contributed by atoms with Gasteiger partial charge in [-0.2, -0.15) is 0 Å². The van der Waals surface area contributed by atoms with Gasteiger partial charge in [-0.05, 0) is 19.8 Å². The lowest BCUT2D eigenvalue weighted by molar-refractivity contribution is -0.167. The molecule has 0 N–H and O–H groups in total. The van der Waals surface area contributed by atoms with Gasteiger partial charge in [0.25, 0.3) is 0 Å². The van der Waals surface area contributed by atoms with Crippen LogP contribution in [0.25, 0.3) is 0 Å². The van der Waals surface area contributed by atoms with Gasteiger partial charge in [0.05, 0.1) is 6.61 Å². The molecule has 1 unspecified atom stereocenters. The van der Waals surface area contributed by atoms with E-state index in [1.54, 1.807) is 6.92 Å². The number of rotatable bonds is 6. The summed E-state index contributed by atoms with van der Waals surface area (Å²) < 4.78 is 4.99. The van der Waals surface area contributed by atoms with Crippen molar-refractivity contribution < 1.29 is 14.3 Å². The van der Waals surface area contributed by atoms with Crippen LogP contribution in [-0.2, 0) is 14.3 Å². The van der Waals surface area contributed by atoms with Crippen LogP contribution in [0, 0.1) is 5.41 Å². The van der Waals surface area contributed by atoms with Crippen LogP contribution in [0.3, 0.4) is 0 Å². The Hall–Kier alpha value is -0.860. The molecule has 0 bridgehead atoms. The third-order valence-corrected chi connectivity index (χ3v) is 3.19. The summed E-state index contributed by atoms with van der Waals surface area (Å²) in [5.41, 5.74) is -0.759. The molecule has 1 saturated carbocycles. The summed E-state index contributed by atoms with van der Waals surface area (Å²) in [5, 5.41) is 0. The molecule has 0 heterocycles. The van der Waals surface area contributed by atoms with Gasteiger partial charge in [0.2, 0.25) is 0 Å². The first-order valence-corrected chi connectivity index (χ1v) is 5.88. The molecule has 0 spiro atoms. The molecule has 1 atom stereocenters.